The number of pyridine rings is 2. The molecule has 0 atom stereocenters. The first-order valence-electron chi connectivity index (χ1n) is 12.7. The second-order valence-electron chi connectivity index (χ2n) is 11.0. The van der Waals surface area contributed by atoms with Gasteiger partial charge in [0.2, 0.25) is 0 Å². The van der Waals surface area contributed by atoms with Gasteiger partial charge in [-0.15, -0.1) is 0 Å². The lowest BCUT2D eigenvalue weighted by Crippen LogP contribution is -2.61. The predicted molar refractivity (Wildman–Crippen MR) is 134 cm³/mol. The number of aromatic amines is 1. The minimum absolute atomic E-state index is 0.0984. The zero-order valence-electron chi connectivity index (χ0n) is 20.9. The number of halogens is 1. The number of ether oxygens (including phenoxy) is 1. The number of fused-ring (bicyclic) bond motifs is 2. The number of nitrogens with zero attached hydrogens (tertiary/aromatic N) is 4. The largest absolute Gasteiger partial charge is 0.377 e. The molecule has 1 saturated heterocycles. The summed E-state index contributed by atoms with van der Waals surface area (Å²) in [5.41, 5.74) is 6.21. The number of aromatic nitrogens is 5. The first kappa shape index (κ1) is 22.6. The quantitative estimate of drug-likeness (QED) is 0.411. The van der Waals surface area contributed by atoms with Crippen LogP contribution in [0.2, 0.25) is 0 Å². The third kappa shape index (κ3) is 3.83. The lowest BCUT2D eigenvalue weighted by Gasteiger charge is -2.43. The highest BCUT2D eigenvalue weighted by Gasteiger charge is 2.37. The van der Waals surface area contributed by atoms with Gasteiger partial charge >= 0.3 is 0 Å². The minimum Gasteiger partial charge on any atom is -0.377 e. The van der Waals surface area contributed by atoms with Crippen LogP contribution in [0.4, 0.5) is 4.39 Å². The van der Waals surface area contributed by atoms with Gasteiger partial charge in [-0.3, -0.25) is 4.98 Å². The van der Waals surface area contributed by atoms with Gasteiger partial charge in [-0.2, -0.15) is 5.10 Å². The van der Waals surface area contributed by atoms with E-state index in [-0.39, 0.29) is 23.2 Å². The maximum absolute atomic E-state index is 16.2. The molecule has 0 amide bonds. The number of hydrogen-bond acceptors (Lipinski definition) is 5. The van der Waals surface area contributed by atoms with Crippen molar-refractivity contribution < 1.29 is 9.13 Å². The van der Waals surface area contributed by atoms with E-state index in [0.29, 0.717) is 17.1 Å². The molecule has 1 saturated carbocycles. The van der Waals surface area contributed by atoms with E-state index < -0.39 is 0 Å². The van der Waals surface area contributed by atoms with Crippen LogP contribution in [-0.2, 0) is 4.74 Å². The van der Waals surface area contributed by atoms with Gasteiger partial charge in [-0.25, -0.2) is 13.9 Å². The summed E-state index contributed by atoms with van der Waals surface area (Å²) >= 11 is 0. The Morgan fingerprint density at radius 3 is 2.66 bits per heavy atom. The van der Waals surface area contributed by atoms with E-state index >= 15 is 4.39 Å². The molecule has 1 aliphatic heterocycles. The summed E-state index contributed by atoms with van der Waals surface area (Å²) in [4.78, 5) is 12.5. The molecule has 0 spiro atoms. The summed E-state index contributed by atoms with van der Waals surface area (Å²) in [5, 5.41) is 8.75. The van der Waals surface area contributed by atoms with Crippen molar-refractivity contribution in [3.8, 4) is 11.3 Å². The van der Waals surface area contributed by atoms with Crippen LogP contribution in [0.1, 0.15) is 75.1 Å². The van der Waals surface area contributed by atoms with E-state index in [2.05, 4.69) is 52.2 Å². The Bertz CT molecular complexity index is 1390. The summed E-state index contributed by atoms with van der Waals surface area (Å²) in [5.74, 6) is 0.124. The van der Waals surface area contributed by atoms with Crippen LogP contribution in [0.15, 0.2) is 24.8 Å². The molecular formula is C27H33FN6O. The lowest BCUT2D eigenvalue weighted by atomic mass is 9.82. The zero-order valence-corrected chi connectivity index (χ0v) is 20.9. The average molecular weight is 477 g/mol. The van der Waals surface area contributed by atoms with E-state index in [9.17, 15) is 0 Å². The molecule has 2 fully saturated rings. The lowest BCUT2D eigenvalue weighted by molar-refractivity contribution is -0.0712. The average Bonchev–Trinajstić information content (AvgIpc) is 3.44. The molecule has 7 nitrogen and oxygen atoms in total. The summed E-state index contributed by atoms with van der Waals surface area (Å²) in [6.07, 6.45) is 9.29. The molecule has 4 aromatic heterocycles. The second kappa shape index (κ2) is 8.38. The maximum atomic E-state index is 16.2. The fraction of sp³-hybridized carbons (Fsp3) is 0.519. The third-order valence-electron chi connectivity index (χ3n) is 7.78. The smallest absolute Gasteiger partial charge is 0.158 e. The highest BCUT2D eigenvalue weighted by atomic mass is 19.1. The maximum Gasteiger partial charge on any atom is 0.158 e. The van der Waals surface area contributed by atoms with Crippen LogP contribution in [0.5, 0.6) is 0 Å². The monoisotopic (exact) mass is 476 g/mol. The first-order chi connectivity index (χ1) is 16.8. The van der Waals surface area contributed by atoms with Crippen LogP contribution in [0, 0.1) is 12.7 Å². The highest BCUT2D eigenvalue weighted by molar-refractivity contribution is 5.92. The van der Waals surface area contributed by atoms with Crippen LogP contribution < -0.4 is 5.32 Å². The number of rotatable bonds is 5. The van der Waals surface area contributed by atoms with Crippen LogP contribution >= 0.6 is 0 Å². The fourth-order valence-corrected chi connectivity index (χ4v) is 6.00. The molecule has 6 rings (SSSR count). The number of aryl methyl sites for hydroxylation is 1. The number of nitrogens with one attached hydrogen (secondary N) is 2. The Balaban J connectivity index is 1.35. The summed E-state index contributed by atoms with van der Waals surface area (Å²) in [6, 6.07) is 2.56. The Labute approximate surface area is 204 Å². The SMILES string of the molecule is Cc1cc(-c2[nH]c3cnc(C4CCC(NC5(C)COC5)CC4)c(F)c3c2C(C)C)cn2ncnc12. The summed E-state index contributed by atoms with van der Waals surface area (Å²) in [7, 11) is 0. The van der Waals surface area contributed by atoms with Crippen LogP contribution in [0.25, 0.3) is 27.8 Å². The van der Waals surface area contributed by atoms with Crippen molar-refractivity contribution >= 4 is 16.6 Å². The zero-order chi connectivity index (χ0) is 24.3. The summed E-state index contributed by atoms with van der Waals surface area (Å²) in [6.45, 7) is 10.0. The van der Waals surface area contributed by atoms with E-state index in [0.717, 1.165) is 72.4 Å². The molecule has 5 heterocycles. The standard InChI is InChI=1S/C27H33FN6O/c1-15(2)21-22-20(32-24(21)18-9-16(3)26-30-14-31-34(26)11-18)10-29-25(23(22)28)17-5-7-19(8-6-17)33-27(4)12-35-13-27/h9-11,14-15,17,19,32-33H,5-8,12-13H2,1-4H3. The van der Waals surface area contributed by atoms with Crippen molar-refractivity contribution in [1.82, 2.24) is 29.9 Å². The van der Waals surface area contributed by atoms with E-state index in [4.69, 9.17) is 4.74 Å². The minimum atomic E-state index is -0.164. The number of H-pyrrole nitrogens is 1. The molecule has 2 N–H and O–H groups in total. The van der Waals surface area contributed by atoms with Crippen molar-refractivity contribution in [2.24, 2.45) is 0 Å². The van der Waals surface area contributed by atoms with Gasteiger partial charge in [0, 0.05) is 29.1 Å². The predicted octanol–water partition coefficient (Wildman–Crippen LogP) is 5.25. The normalized spacial score (nSPS) is 22.2. The molecule has 0 bridgehead atoms. The topological polar surface area (TPSA) is 80.1 Å². The van der Waals surface area contributed by atoms with Crippen molar-refractivity contribution in [3.63, 3.8) is 0 Å². The number of hydrogen-bond donors (Lipinski definition) is 2. The molecule has 35 heavy (non-hydrogen) atoms. The Hall–Kier alpha value is -2.84. The van der Waals surface area contributed by atoms with E-state index in [1.165, 1.54) is 0 Å². The summed E-state index contributed by atoms with van der Waals surface area (Å²) < 4.78 is 23.3. The Morgan fingerprint density at radius 1 is 1.20 bits per heavy atom. The van der Waals surface area contributed by atoms with E-state index in [1.54, 1.807) is 10.8 Å². The molecule has 4 aromatic rings. The Kier molecular flexibility index (Phi) is 5.41. The molecule has 0 radical (unpaired) electrons. The van der Waals surface area contributed by atoms with Gasteiger partial charge < -0.3 is 15.0 Å². The van der Waals surface area contributed by atoms with Gasteiger partial charge in [0.1, 0.15) is 6.33 Å². The Morgan fingerprint density at radius 2 is 1.97 bits per heavy atom. The van der Waals surface area contributed by atoms with Gasteiger partial charge in [-0.05, 0) is 62.6 Å². The van der Waals surface area contributed by atoms with Gasteiger partial charge in [0.25, 0.3) is 0 Å². The molecule has 2 aliphatic rings. The van der Waals surface area contributed by atoms with Crippen molar-refractivity contribution in [2.45, 2.75) is 76.8 Å². The van der Waals surface area contributed by atoms with Crippen molar-refractivity contribution in [1.29, 1.82) is 0 Å². The van der Waals surface area contributed by atoms with Crippen LogP contribution in [0.3, 0.4) is 0 Å². The van der Waals surface area contributed by atoms with E-state index in [1.807, 2.05) is 19.3 Å². The second-order valence-corrected chi connectivity index (χ2v) is 11.0. The fourth-order valence-electron chi connectivity index (χ4n) is 6.00. The van der Waals surface area contributed by atoms with Gasteiger partial charge in [-0.1, -0.05) is 13.8 Å². The molecule has 184 valence electrons. The van der Waals surface area contributed by atoms with Crippen LogP contribution in [-0.4, -0.2) is 49.4 Å². The molecule has 0 aromatic carbocycles. The molecule has 0 unspecified atom stereocenters. The molecule has 8 heteroatoms. The highest BCUT2D eigenvalue weighted by Crippen LogP contribution is 2.41. The third-order valence-corrected chi connectivity index (χ3v) is 7.78. The molecular weight excluding hydrogens is 443 g/mol. The first-order valence-corrected chi connectivity index (χ1v) is 12.7. The van der Waals surface area contributed by atoms with Gasteiger partial charge in [0.05, 0.1) is 41.9 Å². The van der Waals surface area contributed by atoms with Gasteiger partial charge in [0.15, 0.2) is 11.5 Å². The molecule has 1 aliphatic carbocycles. The van der Waals surface area contributed by atoms with Crippen molar-refractivity contribution in [3.05, 3.63) is 47.4 Å². The van der Waals surface area contributed by atoms with Crippen molar-refractivity contribution in [2.75, 3.05) is 13.2 Å².